The second kappa shape index (κ2) is 8.53. The molecule has 0 saturated heterocycles. The molecule has 0 fully saturated rings. The van der Waals surface area contributed by atoms with Gasteiger partial charge in [-0.15, -0.1) is 11.3 Å². The van der Waals surface area contributed by atoms with E-state index in [1.165, 1.54) is 5.56 Å². The molecule has 0 aliphatic rings. The first-order chi connectivity index (χ1) is 14.1. The van der Waals surface area contributed by atoms with E-state index in [-0.39, 0.29) is 0 Å². The summed E-state index contributed by atoms with van der Waals surface area (Å²) in [6.07, 6.45) is 3.38. The summed E-state index contributed by atoms with van der Waals surface area (Å²) in [5.41, 5.74) is 5.48. The SMILES string of the molecule is COc1cc(Cc2nc(C)cc(Cc3ccccc3)n2)ccc1-c1cnc(C)s1. The van der Waals surface area contributed by atoms with E-state index in [1.807, 2.05) is 26.1 Å². The lowest BCUT2D eigenvalue weighted by Crippen LogP contribution is -2.03. The van der Waals surface area contributed by atoms with Crippen molar-refractivity contribution >= 4 is 11.3 Å². The summed E-state index contributed by atoms with van der Waals surface area (Å²) in [4.78, 5) is 14.9. The first kappa shape index (κ1) is 19.3. The van der Waals surface area contributed by atoms with Crippen molar-refractivity contribution in [3.05, 3.63) is 94.1 Å². The van der Waals surface area contributed by atoms with E-state index < -0.39 is 0 Å². The summed E-state index contributed by atoms with van der Waals surface area (Å²) in [6.45, 7) is 4.03. The molecule has 2 aromatic carbocycles. The molecular formula is C24H23N3OS. The third kappa shape index (κ3) is 4.69. The highest BCUT2D eigenvalue weighted by Crippen LogP contribution is 2.34. The Balaban J connectivity index is 1.59. The van der Waals surface area contributed by atoms with Crippen LogP contribution >= 0.6 is 11.3 Å². The molecule has 0 atom stereocenters. The summed E-state index contributed by atoms with van der Waals surface area (Å²) < 4.78 is 5.65. The average molecular weight is 402 g/mol. The predicted octanol–water partition coefficient (Wildman–Crippen LogP) is 5.41. The topological polar surface area (TPSA) is 47.9 Å². The lowest BCUT2D eigenvalue weighted by molar-refractivity contribution is 0.416. The molecule has 4 rings (SSSR count). The van der Waals surface area contributed by atoms with E-state index in [0.29, 0.717) is 6.42 Å². The van der Waals surface area contributed by atoms with E-state index in [9.17, 15) is 0 Å². The number of thiazole rings is 1. The van der Waals surface area contributed by atoms with Crippen LogP contribution in [0.1, 0.15) is 33.3 Å². The minimum Gasteiger partial charge on any atom is -0.496 e. The number of methoxy groups -OCH3 is 1. The highest BCUT2D eigenvalue weighted by Gasteiger charge is 2.11. The predicted molar refractivity (Wildman–Crippen MR) is 118 cm³/mol. The van der Waals surface area contributed by atoms with Gasteiger partial charge in [-0.3, -0.25) is 0 Å². The van der Waals surface area contributed by atoms with Gasteiger partial charge in [-0.05, 0) is 43.2 Å². The highest BCUT2D eigenvalue weighted by atomic mass is 32.1. The summed E-state index contributed by atoms with van der Waals surface area (Å²) in [6, 6.07) is 18.8. The lowest BCUT2D eigenvalue weighted by atomic mass is 10.1. The molecule has 146 valence electrons. The van der Waals surface area contributed by atoms with Crippen LogP contribution < -0.4 is 4.74 Å². The third-order valence-corrected chi connectivity index (χ3v) is 5.64. The molecule has 0 radical (unpaired) electrons. The average Bonchev–Trinajstić information content (AvgIpc) is 3.14. The highest BCUT2D eigenvalue weighted by molar-refractivity contribution is 7.15. The van der Waals surface area contributed by atoms with Crippen LogP contribution in [0.5, 0.6) is 5.75 Å². The van der Waals surface area contributed by atoms with Crippen molar-refractivity contribution in [2.45, 2.75) is 26.7 Å². The fourth-order valence-electron chi connectivity index (χ4n) is 3.39. The number of benzene rings is 2. The second-order valence-electron chi connectivity index (χ2n) is 7.03. The molecule has 0 aliphatic carbocycles. The summed E-state index contributed by atoms with van der Waals surface area (Å²) in [7, 11) is 1.71. The Morgan fingerprint density at radius 3 is 2.45 bits per heavy atom. The standard InChI is InChI=1S/C24H23N3OS/c1-16-11-20(12-18-7-5-4-6-8-18)27-24(26-16)14-19-9-10-21(22(13-19)28-3)23-15-25-17(2)29-23/h4-11,13,15H,12,14H2,1-3H3. The number of nitrogens with zero attached hydrogens (tertiary/aromatic N) is 3. The molecule has 4 aromatic rings. The molecule has 0 amide bonds. The van der Waals surface area contributed by atoms with E-state index in [2.05, 4.69) is 58.5 Å². The molecule has 5 heteroatoms. The normalized spacial score (nSPS) is 10.9. The van der Waals surface area contributed by atoms with Gasteiger partial charge in [0.05, 0.1) is 17.0 Å². The molecule has 4 nitrogen and oxygen atoms in total. The van der Waals surface area contributed by atoms with Crippen molar-refractivity contribution in [3.63, 3.8) is 0 Å². The van der Waals surface area contributed by atoms with Crippen LogP contribution in [0.15, 0.2) is 60.8 Å². The van der Waals surface area contributed by atoms with Gasteiger partial charge in [-0.2, -0.15) is 0 Å². The molecule has 0 N–H and O–H groups in total. The Kier molecular flexibility index (Phi) is 5.67. The zero-order valence-electron chi connectivity index (χ0n) is 16.8. The number of hydrogen-bond acceptors (Lipinski definition) is 5. The zero-order chi connectivity index (χ0) is 20.2. The fraction of sp³-hybridized carbons (Fsp3) is 0.208. The zero-order valence-corrected chi connectivity index (χ0v) is 17.7. The summed E-state index contributed by atoms with van der Waals surface area (Å²) >= 11 is 1.67. The van der Waals surface area contributed by atoms with Crippen LogP contribution in [0.2, 0.25) is 0 Å². The van der Waals surface area contributed by atoms with Crippen molar-refractivity contribution in [1.82, 2.24) is 15.0 Å². The van der Waals surface area contributed by atoms with Crippen molar-refractivity contribution in [3.8, 4) is 16.2 Å². The molecule has 0 bridgehead atoms. The summed E-state index contributed by atoms with van der Waals surface area (Å²) in [5.74, 6) is 1.68. The van der Waals surface area contributed by atoms with E-state index in [0.717, 1.165) is 50.4 Å². The first-order valence-corrected chi connectivity index (χ1v) is 10.4. The molecule has 0 saturated carbocycles. The van der Waals surface area contributed by atoms with Crippen molar-refractivity contribution < 1.29 is 4.74 Å². The third-order valence-electron chi connectivity index (χ3n) is 4.70. The minimum absolute atomic E-state index is 0.668. The van der Waals surface area contributed by atoms with Crippen LogP contribution in [-0.4, -0.2) is 22.1 Å². The van der Waals surface area contributed by atoms with E-state index in [1.54, 1.807) is 18.4 Å². The van der Waals surface area contributed by atoms with Gasteiger partial charge >= 0.3 is 0 Å². The molecule has 0 unspecified atom stereocenters. The molecule has 0 aliphatic heterocycles. The molecule has 29 heavy (non-hydrogen) atoms. The van der Waals surface area contributed by atoms with Gasteiger partial charge < -0.3 is 4.74 Å². The van der Waals surface area contributed by atoms with Crippen LogP contribution in [-0.2, 0) is 12.8 Å². The Hall–Kier alpha value is -3.05. The number of aryl methyl sites for hydroxylation is 2. The van der Waals surface area contributed by atoms with Gasteiger partial charge in [0.15, 0.2) is 0 Å². The van der Waals surface area contributed by atoms with Crippen LogP contribution in [0, 0.1) is 13.8 Å². The Bertz CT molecular complexity index is 1120. The van der Waals surface area contributed by atoms with Gasteiger partial charge in [-0.1, -0.05) is 36.4 Å². The number of rotatable bonds is 6. The maximum atomic E-state index is 5.65. The maximum absolute atomic E-state index is 5.65. The molecule has 2 heterocycles. The van der Waals surface area contributed by atoms with Gasteiger partial charge in [0.25, 0.3) is 0 Å². The quantitative estimate of drug-likeness (QED) is 0.434. The van der Waals surface area contributed by atoms with Crippen LogP contribution in [0.3, 0.4) is 0 Å². The van der Waals surface area contributed by atoms with Crippen LogP contribution in [0.4, 0.5) is 0 Å². The molecule has 0 spiro atoms. The number of hydrogen-bond donors (Lipinski definition) is 0. The van der Waals surface area contributed by atoms with E-state index in [4.69, 9.17) is 9.72 Å². The van der Waals surface area contributed by atoms with E-state index >= 15 is 0 Å². The second-order valence-corrected chi connectivity index (χ2v) is 8.27. The maximum Gasteiger partial charge on any atom is 0.133 e. The Morgan fingerprint density at radius 2 is 1.72 bits per heavy atom. The lowest BCUT2D eigenvalue weighted by Gasteiger charge is -2.10. The van der Waals surface area contributed by atoms with Gasteiger partial charge in [0, 0.05) is 36.0 Å². The largest absolute Gasteiger partial charge is 0.496 e. The van der Waals surface area contributed by atoms with Gasteiger partial charge in [-0.25, -0.2) is 15.0 Å². The van der Waals surface area contributed by atoms with Crippen molar-refractivity contribution in [2.75, 3.05) is 7.11 Å². The number of ether oxygens (including phenoxy) is 1. The van der Waals surface area contributed by atoms with Gasteiger partial charge in [0.2, 0.25) is 0 Å². The smallest absolute Gasteiger partial charge is 0.133 e. The monoisotopic (exact) mass is 401 g/mol. The first-order valence-electron chi connectivity index (χ1n) is 9.58. The minimum atomic E-state index is 0.668. The fourth-order valence-corrected chi connectivity index (χ4v) is 4.20. The number of aromatic nitrogens is 3. The van der Waals surface area contributed by atoms with Crippen molar-refractivity contribution in [1.29, 1.82) is 0 Å². The summed E-state index contributed by atoms with van der Waals surface area (Å²) in [5, 5.41) is 1.05. The van der Waals surface area contributed by atoms with Gasteiger partial charge in [0.1, 0.15) is 11.6 Å². The molecular weight excluding hydrogens is 378 g/mol. The van der Waals surface area contributed by atoms with Crippen LogP contribution in [0.25, 0.3) is 10.4 Å². The van der Waals surface area contributed by atoms with Crippen molar-refractivity contribution in [2.24, 2.45) is 0 Å². The Labute approximate surface area is 175 Å². The Morgan fingerprint density at radius 1 is 0.897 bits per heavy atom. The molecule has 2 aromatic heterocycles.